The Balaban J connectivity index is 2.63. The second-order valence-corrected chi connectivity index (χ2v) is 6.95. The maximum Gasteiger partial charge on any atom is 0.243 e. The highest BCUT2D eigenvalue weighted by atomic mass is 16.2. The third-order valence-electron chi connectivity index (χ3n) is 4.67. The van der Waals surface area contributed by atoms with Crippen LogP contribution in [0, 0.1) is 5.92 Å². The molecule has 0 aromatic carbocycles. The second-order valence-electron chi connectivity index (χ2n) is 6.95. The lowest BCUT2D eigenvalue weighted by atomic mass is 9.99. The van der Waals surface area contributed by atoms with Crippen molar-refractivity contribution in [1.82, 2.24) is 15.1 Å². The molecule has 1 saturated heterocycles. The Kier molecular flexibility index (Phi) is 6.02. The molecule has 0 saturated carbocycles. The number of nitrogens with zero attached hydrogens (tertiary/aromatic N) is 2. The molecular formula is C16H33N3O. The zero-order chi connectivity index (χ0) is 15.5. The first-order chi connectivity index (χ1) is 9.23. The first-order valence-corrected chi connectivity index (χ1v) is 8.02. The van der Waals surface area contributed by atoms with E-state index in [2.05, 4.69) is 56.8 Å². The fraction of sp³-hybridized carbons (Fsp3) is 0.938. The maximum atomic E-state index is 12.6. The SMILES string of the molecule is CCC1(C)NC(C(C)C)N(CCCN(C)C(C)C)C1=O. The number of amides is 1. The Bertz CT molecular complexity index is 330. The van der Waals surface area contributed by atoms with Crippen LogP contribution in [0.1, 0.15) is 54.4 Å². The highest BCUT2D eigenvalue weighted by molar-refractivity contribution is 5.88. The first-order valence-electron chi connectivity index (χ1n) is 8.02. The van der Waals surface area contributed by atoms with Crippen molar-refractivity contribution in [3.8, 4) is 0 Å². The van der Waals surface area contributed by atoms with Gasteiger partial charge in [0.2, 0.25) is 5.91 Å². The van der Waals surface area contributed by atoms with Crippen molar-refractivity contribution in [2.24, 2.45) is 5.92 Å². The summed E-state index contributed by atoms with van der Waals surface area (Å²) >= 11 is 0. The van der Waals surface area contributed by atoms with Gasteiger partial charge in [-0.05, 0) is 53.1 Å². The van der Waals surface area contributed by atoms with Gasteiger partial charge in [0.05, 0.1) is 11.7 Å². The molecule has 4 heteroatoms. The molecule has 1 aliphatic heterocycles. The minimum atomic E-state index is -0.376. The quantitative estimate of drug-likeness (QED) is 0.779. The summed E-state index contributed by atoms with van der Waals surface area (Å²) < 4.78 is 0. The third-order valence-corrected chi connectivity index (χ3v) is 4.67. The molecule has 2 atom stereocenters. The van der Waals surface area contributed by atoms with Gasteiger partial charge in [-0.2, -0.15) is 0 Å². The van der Waals surface area contributed by atoms with Crippen LogP contribution in [0.15, 0.2) is 0 Å². The molecule has 1 amide bonds. The van der Waals surface area contributed by atoms with Crippen molar-refractivity contribution in [1.29, 1.82) is 0 Å². The Hall–Kier alpha value is -0.610. The molecule has 2 unspecified atom stereocenters. The van der Waals surface area contributed by atoms with Crippen LogP contribution in [0.2, 0.25) is 0 Å². The van der Waals surface area contributed by atoms with E-state index in [1.165, 1.54) is 0 Å². The van der Waals surface area contributed by atoms with Gasteiger partial charge < -0.3 is 9.80 Å². The van der Waals surface area contributed by atoms with Crippen LogP contribution < -0.4 is 5.32 Å². The zero-order valence-corrected chi connectivity index (χ0v) is 14.4. The summed E-state index contributed by atoms with van der Waals surface area (Å²) in [4.78, 5) is 17.0. The van der Waals surface area contributed by atoms with Gasteiger partial charge in [-0.25, -0.2) is 0 Å². The van der Waals surface area contributed by atoms with E-state index in [-0.39, 0.29) is 17.6 Å². The molecular weight excluding hydrogens is 250 g/mol. The predicted octanol–water partition coefficient (Wildman–Crippen LogP) is 2.30. The Morgan fingerprint density at radius 3 is 2.40 bits per heavy atom. The summed E-state index contributed by atoms with van der Waals surface area (Å²) in [7, 11) is 2.14. The van der Waals surface area contributed by atoms with E-state index in [1.807, 2.05) is 6.92 Å². The summed E-state index contributed by atoms with van der Waals surface area (Å²) in [5.74, 6) is 0.709. The Morgan fingerprint density at radius 2 is 1.95 bits per heavy atom. The number of hydrogen-bond acceptors (Lipinski definition) is 3. The molecule has 0 aromatic rings. The van der Waals surface area contributed by atoms with Gasteiger partial charge in [0.25, 0.3) is 0 Å². The Labute approximate surface area is 124 Å². The van der Waals surface area contributed by atoms with E-state index in [0.29, 0.717) is 12.0 Å². The monoisotopic (exact) mass is 283 g/mol. The summed E-state index contributed by atoms with van der Waals surface area (Å²) in [5.41, 5.74) is -0.376. The van der Waals surface area contributed by atoms with Gasteiger partial charge in [0, 0.05) is 12.6 Å². The van der Waals surface area contributed by atoms with Crippen molar-refractivity contribution in [2.45, 2.75) is 72.1 Å². The Morgan fingerprint density at radius 1 is 1.35 bits per heavy atom. The second kappa shape index (κ2) is 6.90. The molecule has 1 heterocycles. The van der Waals surface area contributed by atoms with Crippen LogP contribution in [0.25, 0.3) is 0 Å². The molecule has 20 heavy (non-hydrogen) atoms. The molecule has 1 rings (SSSR count). The van der Waals surface area contributed by atoms with Crippen LogP contribution in [0.3, 0.4) is 0 Å². The largest absolute Gasteiger partial charge is 0.325 e. The molecule has 4 nitrogen and oxygen atoms in total. The van der Waals surface area contributed by atoms with Gasteiger partial charge in [-0.1, -0.05) is 20.8 Å². The third kappa shape index (κ3) is 3.73. The molecule has 1 fully saturated rings. The van der Waals surface area contributed by atoms with Gasteiger partial charge >= 0.3 is 0 Å². The summed E-state index contributed by atoms with van der Waals surface area (Å²) in [6, 6.07) is 0.559. The number of rotatable bonds is 7. The summed E-state index contributed by atoms with van der Waals surface area (Å²) in [6.07, 6.45) is 2.06. The highest BCUT2D eigenvalue weighted by Gasteiger charge is 2.47. The lowest BCUT2D eigenvalue weighted by Gasteiger charge is -2.28. The smallest absolute Gasteiger partial charge is 0.243 e. The minimum absolute atomic E-state index is 0.178. The van der Waals surface area contributed by atoms with E-state index in [1.54, 1.807) is 0 Å². The van der Waals surface area contributed by atoms with Gasteiger partial charge in [0.15, 0.2) is 0 Å². The molecule has 0 spiro atoms. The van der Waals surface area contributed by atoms with Crippen molar-refractivity contribution in [2.75, 3.05) is 20.1 Å². The van der Waals surface area contributed by atoms with Crippen LogP contribution in [-0.4, -0.2) is 53.6 Å². The summed E-state index contributed by atoms with van der Waals surface area (Å²) in [6.45, 7) is 14.8. The lowest BCUT2D eigenvalue weighted by Crippen LogP contribution is -2.45. The van der Waals surface area contributed by atoms with Gasteiger partial charge in [0.1, 0.15) is 0 Å². The van der Waals surface area contributed by atoms with Crippen LogP contribution in [0.5, 0.6) is 0 Å². The fourth-order valence-corrected chi connectivity index (χ4v) is 2.68. The van der Waals surface area contributed by atoms with Crippen molar-refractivity contribution < 1.29 is 4.79 Å². The molecule has 0 aliphatic carbocycles. The van der Waals surface area contributed by atoms with E-state index in [0.717, 1.165) is 25.9 Å². The topological polar surface area (TPSA) is 35.6 Å². The molecule has 0 aromatic heterocycles. The van der Waals surface area contributed by atoms with E-state index < -0.39 is 0 Å². The van der Waals surface area contributed by atoms with Crippen LogP contribution >= 0.6 is 0 Å². The number of carbonyl (C=O) groups is 1. The van der Waals surface area contributed by atoms with E-state index >= 15 is 0 Å². The van der Waals surface area contributed by atoms with Crippen molar-refractivity contribution in [3.63, 3.8) is 0 Å². The number of hydrogen-bond donors (Lipinski definition) is 1. The minimum Gasteiger partial charge on any atom is -0.325 e. The maximum absolute atomic E-state index is 12.6. The highest BCUT2D eigenvalue weighted by Crippen LogP contribution is 2.27. The van der Waals surface area contributed by atoms with Crippen LogP contribution in [-0.2, 0) is 4.79 Å². The normalized spacial score (nSPS) is 27.4. The lowest BCUT2D eigenvalue weighted by molar-refractivity contribution is -0.133. The van der Waals surface area contributed by atoms with E-state index in [4.69, 9.17) is 0 Å². The molecule has 1 N–H and O–H groups in total. The fourth-order valence-electron chi connectivity index (χ4n) is 2.68. The standard InChI is InChI=1S/C16H33N3O/c1-8-16(6)15(20)19(14(17-16)12(2)3)11-9-10-18(7)13(4)5/h12-14,17H,8-11H2,1-7H3. The van der Waals surface area contributed by atoms with Crippen molar-refractivity contribution >= 4 is 5.91 Å². The molecule has 0 radical (unpaired) electrons. The number of carbonyl (C=O) groups excluding carboxylic acids is 1. The molecule has 1 aliphatic rings. The zero-order valence-electron chi connectivity index (χ0n) is 14.4. The van der Waals surface area contributed by atoms with Crippen LogP contribution in [0.4, 0.5) is 0 Å². The van der Waals surface area contributed by atoms with Gasteiger partial charge in [-0.3, -0.25) is 10.1 Å². The van der Waals surface area contributed by atoms with Crippen molar-refractivity contribution in [3.05, 3.63) is 0 Å². The first kappa shape index (κ1) is 17.4. The van der Waals surface area contributed by atoms with E-state index in [9.17, 15) is 4.79 Å². The van der Waals surface area contributed by atoms with Gasteiger partial charge in [-0.15, -0.1) is 0 Å². The number of nitrogens with one attached hydrogen (secondary N) is 1. The predicted molar refractivity (Wildman–Crippen MR) is 84.6 cm³/mol. The molecule has 0 bridgehead atoms. The summed E-state index contributed by atoms with van der Waals surface area (Å²) in [5, 5.41) is 3.54. The average Bonchev–Trinajstić information content (AvgIpc) is 2.64. The average molecular weight is 283 g/mol. The molecule has 118 valence electrons.